The van der Waals surface area contributed by atoms with Gasteiger partial charge in [0.1, 0.15) is 0 Å². The van der Waals surface area contributed by atoms with Crippen LogP contribution in [0, 0.1) is 0 Å². The zero-order valence-corrected chi connectivity index (χ0v) is 6.11. The van der Waals surface area contributed by atoms with E-state index in [1.54, 1.807) is 12.4 Å². The molecule has 6 nitrogen and oxygen atoms in total. The maximum absolute atomic E-state index is 9.00. The fourth-order valence-electron chi connectivity index (χ4n) is 0.167. The molecule has 0 unspecified atom stereocenters. The summed E-state index contributed by atoms with van der Waals surface area (Å²) in [6, 6.07) is -0.833. The highest BCUT2D eigenvalue weighted by Crippen LogP contribution is 1.55. The van der Waals surface area contributed by atoms with Crippen LogP contribution in [0.25, 0.3) is 0 Å². The Kier molecular flexibility index (Phi) is 8.72. The molecule has 1 aromatic heterocycles. The van der Waals surface area contributed by atoms with Crippen molar-refractivity contribution in [3.8, 4) is 0 Å². The number of carbonyl (C=O) groups is 1. The quantitative estimate of drug-likeness (QED) is 0.396. The third-order valence-corrected chi connectivity index (χ3v) is 0.331. The van der Waals surface area contributed by atoms with Crippen LogP contribution in [0.4, 0.5) is 4.79 Å². The Morgan fingerprint density at radius 3 is 1.70 bits per heavy atom. The minimum Gasteiger partial charge on any atom is -0.352 e. The van der Waals surface area contributed by atoms with Crippen LogP contribution in [-0.2, 0) is 0 Å². The number of H-pyrrole nitrogens is 1. The number of nitrogens with one attached hydrogen (secondary N) is 1. The third kappa shape index (κ3) is 16.0. The molecule has 0 atom stereocenters. The van der Waals surface area contributed by atoms with Crippen LogP contribution in [0.15, 0.2) is 12.4 Å². The Bertz CT molecular complexity index is 131. The number of nitrogens with two attached hydrogens (primary N) is 2. The Morgan fingerprint density at radius 2 is 1.60 bits per heavy atom. The molecule has 0 aliphatic heterocycles. The van der Waals surface area contributed by atoms with E-state index in [0.717, 1.165) is 0 Å². The predicted octanol–water partition coefficient (Wildman–Crippen LogP) is -1.55. The van der Waals surface area contributed by atoms with Gasteiger partial charge in [-0.15, -0.1) is 0 Å². The molecule has 0 saturated carbocycles. The van der Waals surface area contributed by atoms with Gasteiger partial charge in [-0.2, -0.15) is 15.4 Å². The number of aromatic amines is 1. The first-order valence-electron chi connectivity index (χ1n) is 2.08. The van der Waals surface area contributed by atoms with E-state index in [2.05, 4.69) is 26.9 Å². The molecule has 1 rings (SSSR count). The molecule has 1 aromatic rings. The van der Waals surface area contributed by atoms with Gasteiger partial charge in [-0.25, -0.2) is 4.79 Å². The first kappa shape index (κ1) is 11.4. The Balaban J connectivity index is 0. The van der Waals surface area contributed by atoms with Crippen LogP contribution in [0.3, 0.4) is 0 Å². The lowest BCUT2D eigenvalue weighted by Crippen LogP contribution is -2.18. The first-order valence-corrected chi connectivity index (χ1v) is 2.08. The van der Waals surface area contributed by atoms with Gasteiger partial charge in [-0.3, -0.25) is 0 Å². The lowest BCUT2D eigenvalue weighted by molar-refractivity contribution is 0.256. The van der Waals surface area contributed by atoms with Crippen molar-refractivity contribution in [3.05, 3.63) is 12.4 Å². The summed E-state index contributed by atoms with van der Waals surface area (Å²) in [7, 11) is 0. The van der Waals surface area contributed by atoms with E-state index in [9.17, 15) is 0 Å². The number of primary amides is 2. The molecular weight excluding hydrogens is 150 g/mol. The summed E-state index contributed by atoms with van der Waals surface area (Å²) in [5, 5.41) is 9.33. The molecule has 0 aliphatic rings. The van der Waals surface area contributed by atoms with E-state index >= 15 is 0 Å². The lowest BCUT2D eigenvalue weighted by Gasteiger charge is -1.62. The zero-order chi connectivity index (χ0) is 7.11. The summed E-state index contributed by atoms with van der Waals surface area (Å²) in [5.41, 5.74) is 8.50. The Labute approximate surface area is 62.0 Å². The summed E-state index contributed by atoms with van der Waals surface area (Å²) in [5.74, 6) is 0. The van der Waals surface area contributed by atoms with E-state index in [1.807, 2.05) is 0 Å². The van der Waals surface area contributed by atoms with Crippen molar-refractivity contribution in [1.29, 1.82) is 0 Å². The lowest BCUT2D eigenvalue weighted by atomic mass is 11.0. The highest BCUT2D eigenvalue weighted by molar-refractivity contribution is 5.75. The highest BCUT2D eigenvalue weighted by atomic mass is 28.1. The van der Waals surface area contributed by atoms with Crippen molar-refractivity contribution < 1.29 is 4.79 Å². The number of carbonyl (C=O) groups excluding carboxylic acids is 1. The van der Waals surface area contributed by atoms with Crippen molar-refractivity contribution in [1.82, 2.24) is 15.4 Å². The van der Waals surface area contributed by atoms with E-state index in [-0.39, 0.29) is 11.0 Å². The second kappa shape index (κ2) is 7.63. The van der Waals surface area contributed by atoms with Gasteiger partial charge in [0.05, 0.1) is 12.4 Å². The van der Waals surface area contributed by atoms with E-state index < -0.39 is 6.03 Å². The number of hydrogen-bond donors (Lipinski definition) is 3. The molecule has 0 aromatic carbocycles. The number of aromatic nitrogens is 3. The fourth-order valence-corrected chi connectivity index (χ4v) is 0.167. The summed E-state index contributed by atoms with van der Waals surface area (Å²) >= 11 is 0. The second-order valence-corrected chi connectivity index (χ2v) is 1.06. The van der Waals surface area contributed by atoms with Gasteiger partial charge in [0.15, 0.2) is 0 Å². The second-order valence-electron chi connectivity index (χ2n) is 1.06. The highest BCUT2D eigenvalue weighted by Gasteiger charge is 1.60. The van der Waals surface area contributed by atoms with Gasteiger partial charge in [0, 0.05) is 11.0 Å². The van der Waals surface area contributed by atoms with Gasteiger partial charge in [-0.05, 0) is 0 Å². The smallest absolute Gasteiger partial charge is 0.309 e. The van der Waals surface area contributed by atoms with Crippen LogP contribution in [0.1, 0.15) is 0 Å². The Hall–Kier alpha value is -1.37. The van der Waals surface area contributed by atoms with E-state index in [1.165, 1.54) is 0 Å². The van der Waals surface area contributed by atoms with Crippen molar-refractivity contribution >= 4 is 17.0 Å². The zero-order valence-electron chi connectivity index (χ0n) is 5.11. The van der Waals surface area contributed by atoms with Crippen LogP contribution in [0.5, 0.6) is 0 Å². The number of amides is 2. The maximum atomic E-state index is 9.00. The van der Waals surface area contributed by atoms with Crippen LogP contribution in [0.2, 0.25) is 0 Å². The average molecular weight is 157 g/mol. The van der Waals surface area contributed by atoms with Crippen LogP contribution in [-0.4, -0.2) is 32.4 Å². The van der Waals surface area contributed by atoms with E-state index in [0.29, 0.717) is 0 Å². The molecule has 5 N–H and O–H groups in total. The maximum Gasteiger partial charge on any atom is 0.309 e. The largest absolute Gasteiger partial charge is 0.352 e. The third-order valence-electron chi connectivity index (χ3n) is 0.331. The molecule has 7 heteroatoms. The van der Waals surface area contributed by atoms with Crippen molar-refractivity contribution in [2.24, 2.45) is 11.5 Å². The molecule has 0 saturated heterocycles. The van der Waals surface area contributed by atoms with Crippen molar-refractivity contribution in [3.63, 3.8) is 0 Å². The minimum absolute atomic E-state index is 0. The average Bonchev–Trinajstić information content (AvgIpc) is 2.11. The number of rotatable bonds is 0. The van der Waals surface area contributed by atoms with Crippen LogP contribution >= 0.6 is 0 Å². The molecule has 10 heavy (non-hydrogen) atoms. The summed E-state index contributed by atoms with van der Waals surface area (Å²) < 4.78 is 0. The molecule has 1 heterocycles. The first-order chi connectivity index (χ1) is 4.23. The van der Waals surface area contributed by atoms with Crippen molar-refractivity contribution in [2.45, 2.75) is 0 Å². The van der Waals surface area contributed by atoms with Gasteiger partial charge < -0.3 is 11.5 Å². The number of hydrogen-bond acceptors (Lipinski definition) is 3. The van der Waals surface area contributed by atoms with Gasteiger partial charge in [-0.1, -0.05) is 0 Å². The van der Waals surface area contributed by atoms with Gasteiger partial charge >= 0.3 is 6.03 Å². The summed E-state index contributed by atoms with van der Waals surface area (Å²) in [6.45, 7) is 0. The topological polar surface area (TPSA) is 111 Å². The number of nitrogens with zero attached hydrogens (tertiary/aromatic N) is 2. The molecule has 54 valence electrons. The summed E-state index contributed by atoms with van der Waals surface area (Å²) in [4.78, 5) is 9.00. The predicted molar refractivity (Wildman–Crippen MR) is 35.9 cm³/mol. The molecule has 2 amide bonds. The minimum atomic E-state index is -0.833. The van der Waals surface area contributed by atoms with E-state index in [4.69, 9.17) is 4.79 Å². The van der Waals surface area contributed by atoms with Gasteiger partial charge in [0.2, 0.25) is 0 Å². The fraction of sp³-hybridized carbons (Fsp3) is 0. The van der Waals surface area contributed by atoms with Gasteiger partial charge in [0.25, 0.3) is 0 Å². The molecule has 0 bridgehead atoms. The van der Waals surface area contributed by atoms with Crippen molar-refractivity contribution in [2.75, 3.05) is 0 Å². The Morgan fingerprint density at radius 1 is 1.30 bits per heavy atom. The molecule has 0 spiro atoms. The van der Waals surface area contributed by atoms with Crippen LogP contribution < -0.4 is 11.5 Å². The molecular formula is C3H7N5OSi. The molecule has 0 aliphatic carbocycles. The monoisotopic (exact) mass is 157 g/mol. The standard InChI is InChI=1S/C2H3N3.CH4N2O.Si/c1-2-4-5-3-1;2-1(3)4;/h1-2H,(H,3,4,5);(H4,2,3,4);. The molecule has 0 fully saturated rings. The normalized spacial score (nSPS) is 6.40. The SMILES string of the molecule is NC(N)=O.[Si].c1cn[nH]n1. The number of urea groups is 1. The summed E-state index contributed by atoms with van der Waals surface area (Å²) in [6.07, 6.45) is 3.17. The molecule has 4 radical (unpaired) electrons.